The van der Waals surface area contributed by atoms with E-state index >= 15 is 0 Å². The van der Waals surface area contributed by atoms with Gasteiger partial charge in [0, 0.05) is 18.8 Å². The number of rotatable bonds is 3. The molecule has 3 aromatic rings. The molecule has 0 saturated carbocycles. The van der Waals surface area contributed by atoms with E-state index in [4.69, 9.17) is 0 Å². The zero-order valence-electron chi connectivity index (χ0n) is 13.2. The maximum Gasteiger partial charge on any atom is 0.332 e. The first-order chi connectivity index (χ1) is 11.5. The molecule has 0 atom stereocenters. The molecule has 2 aromatic heterocycles. The lowest BCUT2D eigenvalue weighted by atomic mass is 10.1. The van der Waals surface area contributed by atoms with Gasteiger partial charge in [-0.3, -0.25) is 14.2 Å². The summed E-state index contributed by atoms with van der Waals surface area (Å²) in [4.78, 5) is 40.7. The minimum atomic E-state index is -0.666. The van der Waals surface area contributed by atoms with Crippen LogP contribution in [-0.4, -0.2) is 27.2 Å². The lowest BCUT2D eigenvalue weighted by Gasteiger charge is -2.10. The molecule has 7 heteroatoms. The zero-order valence-corrected chi connectivity index (χ0v) is 13.2. The summed E-state index contributed by atoms with van der Waals surface area (Å²) < 4.78 is 6.64. The molecule has 0 radical (unpaired) electrons. The number of nitrogens with zero attached hydrogens (tertiary/aromatic N) is 3. The van der Waals surface area contributed by atoms with Crippen molar-refractivity contribution >= 4 is 17.0 Å². The van der Waals surface area contributed by atoms with Crippen molar-refractivity contribution in [1.82, 2.24) is 14.1 Å². The molecule has 0 fully saturated rings. The van der Waals surface area contributed by atoms with Gasteiger partial charge in [0.25, 0.3) is 5.56 Å². The Bertz CT molecular complexity index is 1040. The van der Waals surface area contributed by atoms with Gasteiger partial charge < -0.3 is 4.74 Å². The molecule has 0 aliphatic rings. The van der Waals surface area contributed by atoms with Gasteiger partial charge in [-0.25, -0.2) is 14.3 Å². The number of carbonyl (C=O) groups excluding carboxylic acids is 1. The van der Waals surface area contributed by atoms with Gasteiger partial charge in [-0.05, 0) is 11.6 Å². The van der Waals surface area contributed by atoms with E-state index in [2.05, 4.69) is 9.72 Å². The summed E-state index contributed by atoms with van der Waals surface area (Å²) in [6.45, 7) is -0.437. The molecule has 2 heterocycles. The van der Waals surface area contributed by atoms with Crippen molar-refractivity contribution in [3.05, 3.63) is 63.4 Å². The highest BCUT2D eigenvalue weighted by molar-refractivity contribution is 5.80. The fourth-order valence-electron chi connectivity index (χ4n) is 2.51. The number of pyridine rings is 1. The number of esters is 1. The summed E-state index contributed by atoms with van der Waals surface area (Å²) >= 11 is 0. The van der Waals surface area contributed by atoms with E-state index < -0.39 is 23.8 Å². The van der Waals surface area contributed by atoms with Crippen LogP contribution in [0.3, 0.4) is 0 Å². The fraction of sp³-hybridized carbons (Fsp3) is 0.176. The van der Waals surface area contributed by atoms with Crippen molar-refractivity contribution in [2.45, 2.75) is 6.54 Å². The third-order valence-corrected chi connectivity index (χ3v) is 3.80. The SMILES string of the molecule is COC(=O)Cn1c(=O)c2cc(-c3ccccc3)cnc2n(C)c1=O. The van der Waals surface area contributed by atoms with Crippen molar-refractivity contribution in [2.24, 2.45) is 7.05 Å². The number of aromatic nitrogens is 3. The number of benzene rings is 1. The number of aryl methyl sites for hydroxylation is 1. The Morgan fingerprint density at radius 1 is 1.17 bits per heavy atom. The van der Waals surface area contributed by atoms with Gasteiger partial charge >= 0.3 is 11.7 Å². The summed E-state index contributed by atoms with van der Waals surface area (Å²) in [6.07, 6.45) is 1.61. The van der Waals surface area contributed by atoms with Crippen LogP contribution in [0.4, 0.5) is 0 Å². The van der Waals surface area contributed by atoms with Crippen LogP contribution in [0.5, 0.6) is 0 Å². The van der Waals surface area contributed by atoms with Crippen LogP contribution in [0.25, 0.3) is 22.2 Å². The average molecular weight is 325 g/mol. The molecule has 7 nitrogen and oxygen atoms in total. The third kappa shape index (κ3) is 2.60. The normalized spacial score (nSPS) is 10.8. The number of carbonyl (C=O) groups is 1. The molecule has 0 aliphatic heterocycles. The van der Waals surface area contributed by atoms with Crippen molar-refractivity contribution in [1.29, 1.82) is 0 Å². The molecule has 122 valence electrons. The van der Waals surface area contributed by atoms with Gasteiger partial charge in [0.1, 0.15) is 12.2 Å². The average Bonchev–Trinajstić information content (AvgIpc) is 2.63. The van der Waals surface area contributed by atoms with Crippen molar-refractivity contribution < 1.29 is 9.53 Å². The van der Waals surface area contributed by atoms with E-state index in [1.54, 1.807) is 12.3 Å². The fourth-order valence-corrected chi connectivity index (χ4v) is 2.51. The van der Waals surface area contributed by atoms with E-state index in [9.17, 15) is 14.4 Å². The molecule has 0 aliphatic carbocycles. The highest BCUT2D eigenvalue weighted by Gasteiger charge is 2.15. The van der Waals surface area contributed by atoms with Gasteiger partial charge in [0.15, 0.2) is 0 Å². The van der Waals surface area contributed by atoms with E-state index in [1.807, 2.05) is 30.3 Å². The molecule has 0 N–H and O–H groups in total. The zero-order chi connectivity index (χ0) is 17.3. The third-order valence-electron chi connectivity index (χ3n) is 3.80. The first kappa shape index (κ1) is 15.7. The van der Waals surface area contributed by atoms with Crippen LogP contribution in [-0.2, 0) is 23.1 Å². The van der Waals surface area contributed by atoms with E-state index in [0.29, 0.717) is 0 Å². The molecule has 0 bridgehead atoms. The van der Waals surface area contributed by atoms with E-state index in [0.717, 1.165) is 15.7 Å². The maximum absolute atomic E-state index is 12.6. The van der Waals surface area contributed by atoms with E-state index in [1.165, 1.54) is 18.7 Å². The smallest absolute Gasteiger partial charge is 0.332 e. The second-order valence-electron chi connectivity index (χ2n) is 5.27. The quantitative estimate of drug-likeness (QED) is 0.669. The molecule has 0 amide bonds. The summed E-state index contributed by atoms with van der Waals surface area (Å²) in [6, 6.07) is 11.1. The number of ether oxygens (including phenoxy) is 1. The van der Waals surface area contributed by atoms with Crippen molar-refractivity contribution in [3.63, 3.8) is 0 Å². The molecule has 0 saturated heterocycles. The monoisotopic (exact) mass is 325 g/mol. The van der Waals surface area contributed by atoms with Crippen molar-refractivity contribution in [3.8, 4) is 11.1 Å². The number of hydrogen-bond acceptors (Lipinski definition) is 5. The number of methoxy groups -OCH3 is 1. The molecule has 3 rings (SSSR count). The minimum Gasteiger partial charge on any atom is -0.468 e. The minimum absolute atomic E-state index is 0.266. The summed E-state index contributed by atoms with van der Waals surface area (Å²) in [7, 11) is 2.71. The summed E-state index contributed by atoms with van der Waals surface area (Å²) in [5.74, 6) is -0.666. The lowest BCUT2D eigenvalue weighted by Crippen LogP contribution is -2.41. The van der Waals surface area contributed by atoms with Gasteiger partial charge in [-0.2, -0.15) is 0 Å². The van der Waals surface area contributed by atoms with Crippen LogP contribution in [0, 0.1) is 0 Å². The summed E-state index contributed by atoms with van der Waals surface area (Å²) in [5, 5.41) is 0.266. The highest BCUT2D eigenvalue weighted by atomic mass is 16.5. The topological polar surface area (TPSA) is 83.2 Å². The first-order valence-corrected chi connectivity index (χ1v) is 7.24. The number of hydrogen-bond donors (Lipinski definition) is 0. The summed E-state index contributed by atoms with van der Waals surface area (Å²) in [5.41, 5.74) is 0.746. The Hall–Kier alpha value is -3.22. The van der Waals surface area contributed by atoms with Gasteiger partial charge in [-0.15, -0.1) is 0 Å². The van der Waals surface area contributed by atoms with Crippen LogP contribution >= 0.6 is 0 Å². The number of fused-ring (bicyclic) bond motifs is 1. The Morgan fingerprint density at radius 3 is 2.54 bits per heavy atom. The predicted octanol–water partition coefficient (Wildman–Crippen LogP) is 0.935. The molecule has 0 spiro atoms. The van der Waals surface area contributed by atoms with Gasteiger partial charge in [0.05, 0.1) is 12.5 Å². The van der Waals surface area contributed by atoms with Crippen molar-refractivity contribution in [2.75, 3.05) is 7.11 Å². The maximum atomic E-state index is 12.6. The van der Waals surface area contributed by atoms with Gasteiger partial charge in [-0.1, -0.05) is 30.3 Å². The second kappa shape index (κ2) is 6.11. The second-order valence-corrected chi connectivity index (χ2v) is 5.27. The molecular weight excluding hydrogens is 310 g/mol. The van der Waals surface area contributed by atoms with Crippen LogP contribution in [0.15, 0.2) is 52.2 Å². The van der Waals surface area contributed by atoms with Crippen LogP contribution in [0.1, 0.15) is 0 Å². The Kier molecular flexibility index (Phi) is 3.99. The first-order valence-electron chi connectivity index (χ1n) is 7.24. The standard InChI is InChI=1S/C17H15N3O4/c1-19-15-13(16(22)20(17(19)23)10-14(21)24-2)8-12(9-18-15)11-6-4-3-5-7-11/h3-9H,10H2,1-2H3. The Morgan fingerprint density at radius 2 is 1.88 bits per heavy atom. The van der Waals surface area contributed by atoms with E-state index in [-0.39, 0.29) is 11.0 Å². The molecule has 0 unspecified atom stereocenters. The van der Waals surface area contributed by atoms with Gasteiger partial charge in [0.2, 0.25) is 0 Å². The highest BCUT2D eigenvalue weighted by Crippen LogP contribution is 2.20. The predicted molar refractivity (Wildman–Crippen MR) is 88.7 cm³/mol. The Balaban J connectivity index is 2.27. The van der Waals surface area contributed by atoms with Crippen LogP contribution < -0.4 is 11.2 Å². The largest absolute Gasteiger partial charge is 0.468 e. The lowest BCUT2D eigenvalue weighted by molar-refractivity contribution is -0.141. The molecular formula is C17H15N3O4. The Labute approximate surface area is 136 Å². The van der Waals surface area contributed by atoms with Crippen LogP contribution in [0.2, 0.25) is 0 Å². The molecule has 1 aromatic carbocycles. The molecule has 24 heavy (non-hydrogen) atoms.